The number of nitrogens with one attached hydrogen (secondary N) is 1. The van der Waals surface area contributed by atoms with Crippen molar-refractivity contribution in [2.24, 2.45) is 5.16 Å². The molecule has 1 aromatic carbocycles. The van der Waals surface area contributed by atoms with Gasteiger partial charge in [0.2, 0.25) is 5.60 Å². The van der Waals surface area contributed by atoms with Crippen LogP contribution < -0.4 is 11.1 Å². The Morgan fingerprint density at radius 2 is 1.73 bits per heavy atom. The van der Waals surface area contributed by atoms with Crippen molar-refractivity contribution in [3.63, 3.8) is 0 Å². The quantitative estimate of drug-likeness (QED) is 0.0711. The third kappa shape index (κ3) is 5.32. The lowest BCUT2D eigenvalue weighted by atomic mass is 9.90. The minimum Gasteiger partial charge on any atom is -0.504 e. The minimum atomic E-state index is -4.92. The number of hydrogen-bond donors (Lipinski definition) is 6. The number of thiazole rings is 1. The highest BCUT2D eigenvalue weighted by molar-refractivity contribution is 7.90. The van der Waals surface area contributed by atoms with Crippen molar-refractivity contribution in [3.05, 3.63) is 28.8 Å². The number of cyclic esters (lactones) is 1. The number of esters is 1. The normalized spacial score (nSPS) is 30.7. The third-order valence-corrected chi connectivity index (χ3v) is 11.7. The van der Waals surface area contributed by atoms with E-state index in [-0.39, 0.29) is 33.0 Å². The second-order valence-electron chi connectivity index (χ2n) is 12.4. The first-order valence-corrected chi connectivity index (χ1v) is 17.5. The number of nitrogens with two attached hydrogens (primary N) is 1. The number of carboxylic acid groups (broad SMARTS) is 2. The van der Waals surface area contributed by atoms with Crippen LogP contribution in [0.15, 0.2) is 27.6 Å². The molecule has 2 bridgehead atoms. The fourth-order valence-electron chi connectivity index (χ4n) is 6.68. The highest BCUT2D eigenvalue weighted by Crippen LogP contribution is 2.44. The minimum absolute atomic E-state index is 0.00443. The van der Waals surface area contributed by atoms with Crippen LogP contribution in [0.3, 0.4) is 0 Å². The smallest absolute Gasteiger partial charge is 0.372 e. The van der Waals surface area contributed by atoms with Gasteiger partial charge in [0.05, 0.1) is 24.2 Å². The molecule has 7 N–H and O–H groups in total. The predicted molar refractivity (Wildman–Crippen MR) is 164 cm³/mol. The summed E-state index contributed by atoms with van der Waals surface area (Å²) < 4.78 is 37.3. The lowest BCUT2D eigenvalue weighted by molar-refractivity contribution is -0.256. The summed E-state index contributed by atoms with van der Waals surface area (Å²) in [5, 5.41) is 47.4. The molecule has 0 saturated carbocycles. The van der Waals surface area contributed by atoms with E-state index in [0.29, 0.717) is 25.0 Å². The number of nitrogens with zero attached hydrogens (tertiary/aromatic N) is 4. The van der Waals surface area contributed by atoms with Gasteiger partial charge in [0.25, 0.3) is 27.7 Å². The summed E-state index contributed by atoms with van der Waals surface area (Å²) in [5.74, 6) is -10.5. The molecule has 52 heavy (non-hydrogen) atoms. The van der Waals surface area contributed by atoms with E-state index in [1.807, 2.05) is 0 Å². The molecule has 5 atom stereocenters. The molecule has 0 aliphatic carbocycles. The maximum atomic E-state index is 13.6. The van der Waals surface area contributed by atoms with Gasteiger partial charge in [-0.15, -0.1) is 11.3 Å². The van der Waals surface area contributed by atoms with Crippen molar-refractivity contribution >= 4 is 67.8 Å². The van der Waals surface area contributed by atoms with Gasteiger partial charge in [-0.1, -0.05) is 5.16 Å². The van der Waals surface area contributed by atoms with Crippen molar-refractivity contribution in [1.82, 2.24) is 19.7 Å². The number of carbonyl (C=O) groups excluding carboxylic acids is 4. The van der Waals surface area contributed by atoms with Gasteiger partial charge >= 0.3 is 23.6 Å². The summed E-state index contributed by atoms with van der Waals surface area (Å²) in [6.45, 7) is -0.750. The van der Waals surface area contributed by atoms with Crippen molar-refractivity contribution in [3.8, 4) is 11.5 Å². The summed E-state index contributed by atoms with van der Waals surface area (Å²) in [7, 11) is -4.92. The van der Waals surface area contributed by atoms with Gasteiger partial charge in [-0.3, -0.25) is 19.2 Å². The first kappa shape index (κ1) is 34.8. The Hall–Kier alpha value is -5.59. The number of carboxylic acids is 2. The van der Waals surface area contributed by atoms with Crippen molar-refractivity contribution in [1.29, 1.82) is 0 Å². The summed E-state index contributed by atoms with van der Waals surface area (Å²) in [4.78, 5) is 92.4. The highest BCUT2D eigenvalue weighted by Gasteiger charge is 2.66. The molecule has 4 saturated heterocycles. The van der Waals surface area contributed by atoms with Gasteiger partial charge in [-0.25, -0.2) is 32.1 Å². The number of anilines is 1. The maximum absolute atomic E-state index is 13.6. The number of hydroxylamine groups is 2. The number of oxime groups is 1. The zero-order chi connectivity index (χ0) is 37.5. The van der Waals surface area contributed by atoms with Gasteiger partial charge in [0, 0.05) is 24.3 Å². The van der Waals surface area contributed by atoms with Crippen LogP contribution in [-0.4, -0.2) is 127 Å². The summed E-state index contributed by atoms with van der Waals surface area (Å²) in [5.41, 5.74) is -0.571. The number of phenols is 2. The second-order valence-corrected chi connectivity index (χ2v) is 15.1. The van der Waals surface area contributed by atoms with Crippen LogP contribution in [0.5, 0.6) is 11.5 Å². The molecule has 0 radical (unpaired) electrons. The van der Waals surface area contributed by atoms with E-state index >= 15 is 0 Å². The van der Waals surface area contributed by atoms with Gasteiger partial charge in [-0.2, -0.15) is 5.06 Å². The lowest BCUT2D eigenvalue weighted by Gasteiger charge is -2.34. The van der Waals surface area contributed by atoms with Crippen LogP contribution in [0.4, 0.5) is 5.13 Å². The number of ether oxygens (including phenoxy) is 2. The molecule has 0 spiro atoms. The number of hydrogen-bond acceptors (Lipinski definition) is 18. The average molecular weight is 767 g/mol. The first-order valence-electron chi connectivity index (χ1n) is 15.2. The number of phenolic OH excluding ortho intramolecular Hbond substituents is 2. The molecule has 4 fully saturated rings. The molecule has 5 aliphatic rings. The van der Waals surface area contributed by atoms with Gasteiger partial charge < -0.3 is 45.8 Å². The number of nitrogen functional groups attached to an aromatic ring is 1. The Morgan fingerprint density at radius 1 is 1.06 bits per heavy atom. The monoisotopic (exact) mass is 766 g/mol. The van der Waals surface area contributed by atoms with E-state index in [9.17, 15) is 57.6 Å². The number of fused-ring (bicyclic) bond motifs is 3. The largest absolute Gasteiger partial charge is 0.504 e. The Balaban J connectivity index is 1.12. The van der Waals surface area contributed by atoms with E-state index in [2.05, 4.69) is 15.5 Å². The van der Waals surface area contributed by atoms with E-state index in [4.69, 9.17) is 24.9 Å². The maximum Gasteiger partial charge on any atom is 0.372 e. The molecule has 1 aromatic heterocycles. The van der Waals surface area contributed by atoms with Crippen LogP contribution in [0, 0.1) is 0 Å². The van der Waals surface area contributed by atoms with E-state index in [1.165, 1.54) is 5.38 Å². The van der Waals surface area contributed by atoms with Crippen LogP contribution in [0.2, 0.25) is 0 Å². The fourth-order valence-corrected chi connectivity index (χ4v) is 8.94. The number of aliphatic carboxylic acids is 2. The number of rotatable bonds is 9. The zero-order valence-electron chi connectivity index (χ0n) is 26.2. The Labute approximate surface area is 294 Å². The number of benzene rings is 1. The van der Waals surface area contributed by atoms with E-state index in [1.54, 1.807) is 0 Å². The second kappa shape index (κ2) is 12.0. The molecule has 2 aromatic rings. The molecule has 3 amide bonds. The van der Waals surface area contributed by atoms with Crippen LogP contribution in [0.1, 0.15) is 48.2 Å². The molecule has 4 unspecified atom stereocenters. The summed E-state index contributed by atoms with van der Waals surface area (Å²) >= 11 is 0.904. The van der Waals surface area contributed by atoms with Gasteiger partial charge in [-0.05, 0) is 18.9 Å². The van der Waals surface area contributed by atoms with E-state index < -0.39 is 122 Å². The van der Waals surface area contributed by atoms with Crippen molar-refractivity contribution in [2.45, 2.75) is 72.6 Å². The molecule has 5 aliphatic heterocycles. The number of sulfonamides is 1. The molecule has 24 heteroatoms. The number of aromatic hydroxyl groups is 2. The number of amides is 3. The molecular formula is C28H26N6O16S2. The molecule has 7 rings (SSSR count). The molecule has 276 valence electrons. The van der Waals surface area contributed by atoms with Gasteiger partial charge in [0.15, 0.2) is 28.4 Å². The standard InChI is InChI=1S/C28H26N6O16S2/c29-26-31-14(9-51-26)19(32-50-27(24(41)42)5-10-1-2-11(6-27)48-10)20(37)30-13-8-47-34(22(13)39)28(25(43)44)7-15(23(40)49-28)33-21(38)12-3-16(35)17(36)4-18(12)52(33,45)46/h3-4,9-11,13,15,35-36H,1-2,5-8H2,(H2,29,31)(H,30,37)(H,41,42)(H,43,44)/b32-19-/t10?,11?,13-,15?,27?,28?/m0/s1. The average Bonchev–Trinajstić information content (AvgIpc) is 3.87. The molecule has 22 nitrogen and oxygen atoms in total. The van der Waals surface area contributed by atoms with Crippen molar-refractivity contribution < 1.29 is 76.8 Å². The number of carbonyl (C=O) groups is 6. The predicted octanol–water partition coefficient (Wildman–Crippen LogP) is -1.78. The molecular weight excluding hydrogens is 740 g/mol. The Morgan fingerprint density at radius 3 is 2.35 bits per heavy atom. The van der Waals surface area contributed by atoms with Crippen LogP contribution >= 0.6 is 11.3 Å². The highest BCUT2D eigenvalue weighted by atomic mass is 32.2. The SMILES string of the molecule is Nc1nc(/C(=N/OC2(C(=O)O)CC3CCC(C2)O3)C(=O)N[C@H]2CON(C3(C(=O)O)CC(N4C(=O)c5cc(O)c(O)cc5S4(=O)=O)C(=O)O3)C2=O)cs1. The zero-order valence-corrected chi connectivity index (χ0v) is 27.8. The first-order chi connectivity index (χ1) is 24.5. The van der Waals surface area contributed by atoms with Crippen molar-refractivity contribution in [2.75, 3.05) is 12.3 Å². The van der Waals surface area contributed by atoms with E-state index in [0.717, 1.165) is 11.3 Å². The summed E-state index contributed by atoms with van der Waals surface area (Å²) in [6, 6.07) is -2.64. The van der Waals surface area contributed by atoms with Crippen LogP contribution in [0.25, 0.3) is 0 Å². The van der Waals surface area contributed by atoms with Crippen LogP contribution in [-0.2, 0) is 53.1 Å². The fraction of sp³-hybridized carbons (Fsp3) is 0.429. The Bertz CT molecular complexity index is 2090. The molecule has 6 heterocycles. The summed E-state index contributed by atoms with van der Waals surface area (Å²) in [6.07, 6.45) is -0.941. The Kier molecular flexibility index (Phi) is 8.04. The number of aromatic nitrogens is 1. The van der Waals surface area contributed by atoms with Gasteiger partial charge in [0.1, 0.15) is 23.2 Å². The topological polar surface area (TPSA) is 324 Å². The third-order valence-electron chi connectivity index (χ3n) is 9.17. The lowest BCUT2D eigenvalue weighted by Crippen LogP contribution is -2.57.